The average Bonchev–Trinajstić information content (AvgIpc) is 2.71. The second kappa shape index (κ2) is 4.87. The van der Waals surface area contributed by atoms with E-state index in [0.717, 1.165) is 25.7 Å². The Morgan fingerprint density at radius 2 is 2.12 bits per heavy atom. The number of nitrogens with zero attached hydrogens (tertiary/aromatic N) is 3. The van der Waals surface area contributed by atoms with Crippen molar-refractivity contribution in [3.63, 3.8) is 0 Å². The van der Waals surface area contributed by atoms with Gasteiger partial charge in [0.05, 0.1) is 7.05 Å². The largest absolute Gasteiger partial charge is 0.358 e. The van der Waals surface area contributed by atoms with Gasteiger partial charge in [0.25, 0.3) is 0 Å². The van der Waals surface area contributed by atoms with Crippen molar-refractivity contribution in [1.82, 2.24) is 9.55 Å². The van der Waals surface area contributed by atoms with Crippen LogP contribution >= 0.6 is 11.6 Å². The third kappa shape index (κ3) is 2.34. The summed E-state index contributed by atoms with van der Waals surface area (Å²) in [5.74, 6) is 0.463. The van der Waals surface area contributed by atoms with Crippen molar-refractivity contribution in [1.29, 1.82) is 0 Å². The topological polar surface area (TPSA) is 61.0 Å². The minimum Gasteiger partial charge on any atom is -0.358 e. The van der Waals surface area contributed by atoms with Gasteiger partial charge in [-0.25, -0.2) is 9.55 Å². The summed E-state index contributed by atoms with van der Waals surface area (Å²) in [5.41, 5.74) is 1.17. The first-order valence-electron chi connectivity index (χ1n) is 5.65. The van der Waals surface area contributed by atoms with E-state index in [2.05, 4.69) is 4.98 Å². The van der Waals surface area contributed by atoms with Gasteiger partial charge in [-0.2, -0.15) is 0 Å². The molecule has 0 unspecified atom stereocenters. The molecular weight excluding hydrogens is 242 g/mol. The van der Waals surface area contributed by atoms with Crippen molar-refractivity contribution < 1.29 is 4.92 Å². The molecule has 1 aliphatic carbocycles. The lowest BCUT2D eigenvalue weighted by Gasteiger charge is -2.14. The normalized spacial score (nSPS) is 16.0. The third-order valence-electron chi connectivity index (χ3n) is 3.11. The summed E-state index contributed by atoms with van der Waals surface area (Å²) in [6, 6.07) is 0. The van der Waals surface area contributed by atoms with Crippen LogP contribution in [0.4, 0.5) is 5.82 Å². The van der Waals surface area contributed by atoms with E-state index in [0.29, 0.717) is 10.9 Å². The fourth-order valence-electron chi connectivity index (χ4n) is 2.13. The molecule has 17 heavy (non-hydrogen) atoms. The molecule has 0 radical (unpaired) electrons. The van der Waals surface area contributed by atoms with Gasteiger partial charge in [0, 0.05) is 0 Å². The van der Waals surface area contributed by atoms with Crippen LogP contribution in [0.2, 0.25) is 0 Å². The molecule has 1 saturated carbocycles. The van der Waals surface area contributed by atoms with E-state index in [9.17, 15) is 10.1 Å². The zero-order chi connectivity index (χ0) is 12.4. The lowest BCUT2D eigenvalue weighted by atomic mass is 9.94. The van der Waals surface area contributed by atoms with E-state index in [-0.39, 0.29) is 5.82 Å². The first-order chi connectivity index (χ1) is 8.11. The van der Waals surface area contributed by atoms with Gasteiger partial charge in [0.2, 0.25) is 5.82 Å². The number of rotatable bonds is 2. The number of halogens is 1. The quantitative estimate of drug-likeness (QED) is 0.602. The number of hydrogen-bond donors (Lipinski definition) is 0. The maximum Gasteiger partial charge on any atom is 0.342 e. The molecular formula is C11H14ClN3O2. The first-order valence-corrected chi connectivity index (χ1v) is 6.03. The van der Waals surface area contributed by atoms with E-state index in [1.807, 2.05) is 0 Å². The molecule has 2 rings (SSSR count). The second-order valence-electron chi connectivity index (χ2n) is 4.23. The van der Waals surface area contributed by atoms with Crippen LogP contribution in [0.5, 0.6) is 0 Å². The van der Waals surface area contributed by atoms with Crippen LogP contribution in [0.3, 0.4) is 0 Å². The van der Waals surface area contributed by atoms with Crippen molar-refractivity contribution in [2.75, 3.05) is 0 Å². The Labute approximate surface area is 104 Å². The molecule has 92 valence electrons. The van der Waals surface area contributed by atoms with E-state index >= 15 is 0 Å². The van der Waals surface area contributed by atoms with Crippen LogP contribution in [0, 0.1) is 10.1 Å². The Morgan fingerprint density at radius 3 is 2.65 bits per heavy atom. The molecule has 0 spiro atoms. The second-order valence-corrected chi connectivity index (χ2v) is 4.61. The van der Waals surface area contributed by atoms with Gasteiger partial charge in [0.1, 0.15) is 11.2 Å². The number of nitro groups is 1. The third-order valence-corrected chi connectivity index (χ3v) is 3.55. The molecule has 0 aliphatic heterocycles. The van der Waals surface area contributed by atoms with Gasteiger partial charge < -0.3 is 10.1 Å². The molecule has 0 aromatic carbocycles. The van der Waals surface area contributed by atoms with Crippen LogP contribution in [0.1, 0.15) is 37.9 Å². The zero-order valence-electron chi connectivity index (χ0n) is 9.65. The maximum absolute atomic E-state index is 10.7. The van der Waals surface area contributed by atoms with Crippen LogP contribution in [-0.4, -0.2) is 14.5 Å². The van der Waals surface area contributed by atoms with Crippen LogP contribution in [-0.2, 0) is 7.05 Å². The highest BCUT2D eigenvalue weighted by Crippen LogP contribution is 2.33. The fourth-order valence-corrected chi connectivity index (χ4v) is 2.49. The summed E-state index contributed by atoms with van der Waals surface area (Å²) in [4.78, 5) is 14.3. The predicted octanol–water partition coefficient (Wildman–Crippen LogP) is 3.24. The predicted molar refractivity (Wildman–Crippen MR) is 65.7 cm³/mol. The standard InChI is InChI=1S/C11H14ClN3O2/c1-14-9(15(16)17)7-13-11(14)10(12)8-5-3-2-4-6-8/h7H,2-6H2,1H3. The number of hydrogen-bond acceptors (Lipinski definition) is 3. The first kappa shape index (κ1) is 12.1. The molecule has 1 aliphatic rings. The highest BCUT2D eigenvalue weighted by molar-refractivity contribution is 6.48. The minimum atomic E-state index is -0.452. The van der Waals surface area contributed by atoms with Crippen molar-refractivity contribution in [2.24, 2.45) is 7.05 Å². The van der Waals surface area contributed by atoms with Crippen LogP contribution in [0.15, 0.2) is 11.8 Å². The number of allylic oxidation sites excluding steroid dienone is 1. The molecule has 1 heterocycles. The van der Waals surface area contributed by atoms with E-state index in [4.69, 9.17) is 11.6 Å². The SMILES string of the molecule is Cn1c([N+](=O)[O-])cnc1C(Cl)=C1CCCCC1. The average molecular weight is 256 g/mol. The van der Waals surface area contributed by atoms with Crippen molar-refractivity contribution >= 4 is 22.5 Å². The van der Waals surface area contributed by atoms with E-state index in [1.165, 1.54) is 22.8 Å². The highest BCUT2D eigenvalue weighted by Gasteiger charge is 2.21. The molecule has 1 fully saturated rings. The number of aromatic nitrogens is 2. The lowest BCUT2D eigenvalue weighted by molar-refractivity contribution is -0.391. The summed E-state index contributed by atoms with van der Waals surface area (Å²) in [7, 11) is 1.62. The molecule has 5 nitrogen and oxygen atoms in total. The minimum absolute atomic E-state index is 0.0328. The van der Waals surface area contributed by atoms with Crippen molar-refractivity contribution in [3.05, 3.63) is 27.7 Å². The van der Waals surface area contributed by atoms with Crippen LogP contribution in [0.25, 0.3) is 5.03 Å². The van der Waals surface area contributed by atoms with Gasteiger partial charge in [-0.15, -0.1) is 0 Å². The Kier molecular flexibility index (Phi) is 3.47. The molecule has 0 N–H and O–H groups in total. The summed E-state index contributed by atoms with van der Waals surface area (Å²) < 4.78 is 1.43. The molecule has 0 atom stereocenters. The van der Waals surface area contributed by atoms with Gasteiger partial charge in [-0.3, -0.25) is 0 Å². The van der Waals surface area contributed by atoms with Gasteiger partial charge >= 0.3 is 5.82 Å². The maximum atomic E-state index is 10.7. The molecule has 6 heteroatoms. The Bertz CT molecular complexity index is 471. The van der Waals surface area contributed by atoms with E-state index in [1.54, 1.807) is 7.05 Å². The smallest absolute Gasteiger partial charge is 0.342 e. The lowest BCUT2D eigenvalue weighted by Crippen LogP contribution is -2.03. The summed E-state index contributed by atoms with van der Waals surface area (Å²) in [5, 5.41) is 11.3. The summed E-state index contributed by atoms with van der Waals surface area (Å²) in [6.07, 6.45) is 6.70. The van der Waals surface area contributed by atoms with Gasteiger partial charge in [0.15, 0.2) is 0 Å². The highest BCUT2D eigenvalue weighted by atomic mass is 35.5. The fraction of sp³-hybridized carbons (Fsp3) is 0.545. The summed E-state index contributed by atoms with van der Waals surface area (Å²) in [6.45, 7) is 0. The monoisotopic (exact) mass is 255 g/mol. The Morgan fingerprint density at radius 1 is 1.47 bits per heavy atom. The molecule has 0 bridgehead atoms. The van der Waals surface area contributed by atoms with Gasteiger partial charge in [-0.05, 0) is 36.2 Å². The molecule has 1 aromatic rings. The van der Waals surface area contributed by atoms with Crippen LogP contribution < -0.4 is 0 Å². The molecule has 0 saturated heterocycles. The van der Waals surface area contributed by atoms with Gasteiger partial charge in [-0.1, -0.05) is 18.0 Å². The Hall–Kier alpha value is -1.36. The summed E-state index contributed by atoms with van der Waals surface area (Å²) >= 11 is 6.28. The van der Waals surface area contributed by atoms with E-state index < -0.39 is 4.92 Å². The molecule has 1 aromatic heterocycles. The molecule has 0 amide bonds. The number of imidazole rings is 1. The Balaban J connectivity index is 2.36. The zero-order valence-corrected chi connectivity index (χ0v) is 10.4. The van der Waals surface area contributed by atoms with Crippen molar-refractivity contribution in [2.45, 2.75) is 32.1 Å². The van der Waals surface area contributed by atoms with Crippen molar-refractivity contribution in [3.8, 4) is 0 Å².